The van der Waals surface area contributed by atoms with Crippen molar-refractivity contribution < 1.29 is 17.6 Å². The highest BCUT2D eigenvalue weighted by Crippen LogP contribution is 2.41. The Balaban J connectivity index is 1.38. The van der Waals surface area contributed by atoms with Gasteiger partial charge in [-0.05, 0) is 86.7 Å². The standard InChI is InChI=1S/C26H32F4N6S/c1-4-35(22-12-16(3)34-37-22)14-17-8-7-15(2)23(17)31-25-32-24-20(6-5-11-36(24)33-25)19-10-9-18(27)13-21(19)26(28,29)30/h9-10,12-13,15,17,20,23H,4-8,11,14H2,1-3H3,(H,31,33)/t15-,17-,20?,23+/m0/s1. The number of halogens is 4. The van der Waals surface area contributed by atoms with Gasteiger partial charge in [-0.3, -0.25) is 0 Å². The van der Waals surface area contributed by atoms with E-state index in [1.54, 1.807) is 4.68 Å². The summed E-state index contributed by atoms with van der Waals surface area (Å²) < 4.78 is 61.1. The van der Waals surface area contributed by atoms with E-state index >= 15 is 0 Å². The van der Waals surface area contributed by atoms with Crippen LogP contribution in [0.15, 0.2) is 24.3 Å². The molecule has 1 saturated carbocycles. The summed E-state index contributed by atoms with van der Waals surface area (Å²) >= 11 is 1.52. The highest BCUT2D eigenvalue weighted by molar-refractivity contribution is 7.10. The van der Waals surface area contributed by atoms with Gasteiger partial charge in [-0.25, -0.2) is 9.07 Å². The van der Waals surface area contributed by atoms with E-state index in [2.05, 4.69) is 39.6 Å². The van der Waals surface area contributed by atoms with Crippen molar-refractivity contribution in [1.82, 2.24) is 19.1 Å². The summed E-state index contributed by atoms with van der Waals surface area (Å²) in [5, 5.41) is 9.36. The number of nitrogens with zero attached hydrogens (tertiary/aromatic N) is 5. The van der Waals surface area contributed by atoms with Gasteiger partial charge in [0.15, 0.2) is 0 Å². The van der Waals surface area contributed by atoms with Crippen LogP contribution in [0.25, 0.3) is 0 Å². The maximum atomic E-state index is 13.7. The second-order valence-electron chi connectivity index (χ2n) is 10.3. The summed E-state index contributed by atoms with van der Waals surface area (Å²) in [6.07, 6.45) is -1.29. The fourth-order valence-electron chi connectivity index (χ4n) is 5.86. The number of anilines is 2. The highest BCUT2D eigenvalue weighted by atomic mass is 32.1. The van der Waals surface area contributed by atoms with Crippen LogP contribution < -0.4 is 10.2 Å². The second kappa shape index (κ2) is 10.2. The topological polar surface area (TPSA) is 58.9 Å². The first-order valence-corrected chi connectivity index (χ1v) is 13.7. The van der Waals surface area contributed by atoms with E-state index in [1.165, 1.54) is 17.6 Å². The van der Waals surface area contributed by atoms with Crippen LogP contribution in [0.1, 0.15) is 68.1 Å². The number of aromatic nitrogens is 4. The molecule has 3 heterocycles. The third kappa shape index (κ3) is 5.32. The van der Waals surface area contributed by atoms with Crippen LogP contribution in [0.4, 0.5) is 28.5 Å². The molecule has 3 aromatic rings. The normalized spacial score (nSPS) is 23.8. The molecular formula is C26H32F4N6S. The molecule has 1 unspecified atom stereocenters. The van der Waals surface area contributed by atoms with Gasteiger partial charge in [0.25, 0.3) is 0 Å². The van der Waals surface area contributed by atoms with E-state index in [-0.39, 0.29) is 11.6 Å². The van der Waals surface area contributed by atoms with Crippen molar-refractivity contribution >= 4 is 22.5 Å². The number of nitrogens with one attached hydrogen (secondary N) is 1. The van der Waals surface area contributed by atoms with Gasteiger partial charge < -0.3 is 10.2 Å². The predicted octanol–water partition coefficient (Wildman–Crippen LogP) is 6.48. The van der Waals surface area contributed by atoms with Gasteiger partial charge in [-0.1, -0.05) is 13.0 Å². The Morgan fingerprint density at radius 2 is 2.00 bits per heavy atom. The number of fused-ring (bicyclic) bond motifs is 1. The van der Waals surface area contributed by atoms with E-state index in [4.69, 9.17) is 4.98 Å². The maximum Gasteiger partial charge on any atom is 0.416 e. The first-order valence-electron chi connectivity index (χ1n) is 12.9. The minimum absolute atomic E-state index is 0.0550. The molecule has 2 aliphatic rings. The van der Waals surface area contributed by atoms with Gasteiger partial charge in [-0.15, -0.1) is 5.10 Å². The van der Waals surface area contributed by atoms with E-state index in [9.17, 15) is 17.6 Å². The van der Waals surface area contributed by atoms with Crippen LogP contribution in [0, 0.1) is 24.6 Å². The van der Waals surface area contributed by atoms with Gasteiger partial charge in [0.1, 0.15) is 16.6 Å². The molecule has 0 saturated heterocycles. The average Bonchev–Trinajstić information content (AvgIpc) is 3.56. The van der Waals surface area contributed by atoms with Gasteiger partial charge in [-0.2, -0.15) is 22.5 Å². The monoisotopic (exact) mass is 536 g/mol. The molecule has 0 amide bonds. The molecular weight excluding hydrogens is 504 g/mol. The molecule has 0 spiro atoms. The van der Waals surface area contributed by atoms with Crippen molar-refractivity contribution in [3.63, 3.8) is 0 Å². The Labute approximate surface area is 218 Å². The number of rotatable bonds is 7. The van der Waals surface area contributed by atoms with Gasteiger partial charge in [0.2, 0.25) is 5.95 Å². The summed E-state index contributed by atoms with van der Waals surface area (Å²) in [5.74, 6) is 0.267. The third-order valence-corrected chi connectivity index (χ3v) is 8.69. The van der Waals surface area contributed by atoms with Crippen LogP contribution in [-0.4, -0.2) is 38.3 Å². The lowest BCUT2D eigenvalue weighted by molar-refractivity contribution is -0.138. The van der Waals surface area contributed by atoms with Crippen LogP contribution in [0.2, 0.25) is 0 Å². The van der Waals surface area contributed by atoms with Crippen LogP contribution in [-0.2, 0) is 12.7 Å². The molecule has 5 rings (SSSR count). The summed E-state index contributed by atoms with van der Waals surface area (Å²) in [5.41, 5.74) is 0.135. The largest absolute Gasteiger partial charge is 0.416 e. The fraction of sp³-hybridized carbons (Fsp3) is 0.577. The van der Waals surface area contributed by atoms with Crippen LogP contribution >= 0.6 is 11.5 Å². The Morgan fingerprint density at radius 1 is 1.19 bits per heavy atom. The van der Waals surface area contributed by atoms with Gasteiger partial charge in [0.05, 0.1) is 11.3 Å². The Bertz CT molecular complexity index is 1240. The quantitative estimate of drug-likeness (QED) is 0.350. The van der Waals surface area contributed by atoms with E-state index in [1.807, 2.05) is 6.92 Å². The molecule has 1 N–H and O–H groups in total. The minimum atomic E-state index is -4.64. The molecule has 4 atom stereocenters. The minimum Gasteiger partial charge on any atom is -0.362 e. The summed E-state index contributed by atoms with van der Waals surface area (Å²) in [7, 11) is 0. The molecule has 0 bridgehead atoms. The number of hydrogen-bond donors (Lipinski definition) is 1. The Kier molecular flexibility index (Phi) is 7.17. The van der Waals surface area contributed by atoms with E-state index < -0.39 is 23.5 Å². The van der Waals surface area contributed by atoms with Crippen molar-refractivity contribution in [2.75, 3.05) is 23.3 Å². The fourth-order valence-corrected chi connectivity index (χ4v) is 6.69. The molecule has 6 nitrogen and oxygen atoms in total. The molecule has 1 aliphatic heterocycles. The summed E-state index contributed by atoms with van der Waals surface area (Å²) in [6, 6.07) is 5.19. The second-order valence-corrected chi connectivity index (χ2v) is 11.1. The molecule has 1 fully saturated rings. The molecule has 0 radical (unpaired) electrons. The van der Waals surface area contributed by atoms with E-state index in [0.717, 1.165) is 42.7 Å². The number of alkyl halides is 3. The predicted molar refractivity (Wildman–Crippen MR) is 137 cm³/mol. The average molecular weight is 537 g/mol. The van der Waals surface area contributed by atoms with Crippen molar-refractivity contribution in [2.45, 2.75) is 71.1 Å². The van der Waals surface area contributed by atoms with Gasteiger partial charge in [0, 0.05) is 31.6 Å². The molecule has 37 heavy (non-hydrogen) atoms. The zero-order valence-electron chi connectivity index (χ0n) is 21.2. The Morgan fingerprint density at radius 3 is 2.70 bits per heavy atom. The van der Waals surface area contributed by atoms with Crippen molar-refractivity contribution in [1.29, 1.82) is 0 Å². The zero-order valence-corrected chi connectivity index (χ0v) is 22.0. The number of aryl methyl sites for hydroxylation is 2. The van der Waals surface area contributed by atoms with Crippen molar-refractivity contribution in [3.8, 4) is 0 Å². The Hall–Kier alpha value is -2.69. The molecule has 11 heteroatoms. The smallest absolute Gasteiger partial charge is 0.362 e. The lowest BCUT2D eigenvalue weighted by atomic mass is 9.87. The number of hydrogen-bond acceptors (Lipinski definition) is 6. The third-order valence-electron chi connectivity index (χ3n) is 7.74. The molecule has 2 aromatic heterocycles. The molecule has 200 valence electrons. The van der Waals surface area contributed by atoms with E-state index in [0.29, 0.717) is 49.1 Å². The number of benzene rings is 1. The summed E-state index contributed by atoms with van der Waals surface area (Å²) in [6.45, 7) is 8.74. The zero-order chi connectivity index (χ0) is 26.3. The summed E-state index contributed by atoms with van der Waals surface area (Å²) in [4.78, 5) is 7.06. The van der Waals surface area contributed by atoms with Gasteiger partial charge >= 0.3 is 6.18 Å². The maximum absolute atomic E-state index is 13.7. The van der Waals surface area contributed by atoms with Crippen LogP contribution in [0.5, 0.6) is 0 Å². The lowest BCUT2D eigenvalue weighted by Crippen LogP contribution is -2.38. The molecule has 1 aromatic carbocycles. The first-order chi connectivity index (χ1) is 17.6. The van der Waals surface area contributed by atoms with Crippen molar-refractivity contribution in [3.05, 3.63) is 52.7 Å². The van der Waals surface area contributed by atoms with Crippen molar-refractivity contribution in [2.24, 2.45) is 11.8 Å². The van der Waals surface area contributed by atoms with Crippen LogP contribution in [0.3, 0.4) is 0 Å². The lowest BCUT2D eigenvalue weighted by Gasteiger charge is -2.29. The SMILES string of the molecule is CCN(C[C@@H]1CC[C@H](C)[C@H]1Nc1nc2n(n1)CCCC2c1ccc(F)cc1C(F)(F)F)c1cc(C)ns1. The molecule has 1 aliphatic carbocycles. The highest BCUT2D eigenvalue weighted by Gasteiger charge is 2.39. The first kappa shape index (κ1) is 25.9.